The maximum absolute atomic E-state index is 13.7. The van der Waals surface area contributed by atoms with Crippen LogP contribution in [0.1, 0.15) is 12.0 Å². The third kappa shape index (κ3) is 2.41. The van der Waals surface area contributed by atoms with Gasteiger partial charge in [0.15, 0.2) is 0 Å². The lowest BCUT2D eigenvalue weighted by molar-refractivity contribution is 0.385. The van der Waals surface area contributed by atoms with Crippen LogP contribution in [-0.2, 0) is 10.0 Å². The van der Waals surface area contributed by atoms with E-state index in [4.69, 9.17) is 0 Å². The van der Waals surface area contributed by atoms with Crippen molar-refractivity contribution in [3.8, 4) is 0 Å². The summed E-state index contributed by atoms with van der Waals surface area (Å²) in [6.07, 6.45) is 0.753. The zero-order valence-electron chi connectivity index (χ0n) is 10.5. The van der Waals surface area contributed by atoms with Gasteiger partial charge in [0.05, 0.1) is 0 Å². The number of halogens is 1. The Morgan fingerprint density at radius 3 is 2.78 bits per heavy atom. The Balaban J connectivity index is 2.37. The van der Waals surface area contributed by atoms with Crippen molar-refractivity contribution >= 4 is 10.0 Å². The third-order valence-electron chi connectivity index (χ3n) is 3.29. The van der Waals surface area contributed by atoms with Gasteiger partial charge in [0.2, 0.25) is 10.0 Å². The molecule has 1 saturated heterocycles. The number of rotatable bonds is 3. The fourth-order valence-corrected chi connectivity index (χ4v) is 3.64. The molecule has 1 fully saturated rings. The van der Waals surface area contributed by atoms with Crippen LogP contribution in [0.15, 0.2) is 23.1 Å². The predicted molar refractivity (Wildman–Crippen MR) is 67.4 cm³/mol. The lowest BCUT2D eigenvalue weighted by atomic mass is 10.2. The van der Waals surface area contributed by atoms with Crippen LogP contribution in [0.3, 0.4) is 0 Å². The second kappa shape index (κ2) is 4.95. The number of nitrogens with one attached hydrogen (secondary N) is 1. The summed E-state index contributed by atoms with van der Waals surface area (Å²) in [5.41, 5.74) is 0.730. The van der Waals surface area contributed by atoms with Gasteiger partial charge in [0.1, 0.15) is 10.7 Å². The minimum absolute atomic E-state index is 0.102. The predicted octanol–water partition coefficient (Wildman–Crippen LogP) is 1.12. The summed E-state index contributed by atoms with van der Waals surface area (Å²) in [6.45, 7) is 3.15. The first-order valence-electron chi connectivity index (χ1n) is 5.88. The summed E-state index contributed by atoms with van der Waals surface area (Å²) in [6, 6.07) is 4.03. The number of sulfonamides is 1. The first-order valence-corrected chi connectivity index (χ1v) is 7.32. The average molecular weight is 272 g/mol. The van der Waals surface area contributed by atoms with Crippen molar-refractivity contribution in [2.24, 2.45) is 0 Å². The first kappa shape index (κ1) is 13.5. The highest BCUT2D eigenvalue weighted by molar-refractivity contribution is 7.89. The third-order valence-corrected chi connectivity index (χ3v) is 5.22. The Hall–Kier alpha value is -0.980. The molecule has 0 aliphatic carbocycles. The highest BCUT2D eigenvalue weighted by Crippen LogP contribution is 2.22. The standard InChI is InChI=1S/C12H17FN2O2S/c1-9-3-4-11(13)12(7-9)18(16,17)15(2)10-5-6-14-8-10/h3-4,7,10,14H,5-6,8H2,1-2H3/t10-/m0/s1. The van der Waals surface area contributed by atoms with Crippen molar-refractivity contribution in [1.82, 2.24) is 9.62 Å². The minimum Gasteiger partial charge on any atom is -0.315 e. The Kier molecular flexibility index (Phi) is 3.70. The highest BCUT2D eigenvalue weighted by Gasteiger charge is 2.31. The van der Waals surface area contributed by atoms with E-state index < -0.39 is 15.8 Å². The topological polar surface area (TPSA) is 49.4 Å². The number of nitrogens with zero attached hydrogens (tertiary/aromatic N) is 1. The van der Waals surface area contributed by atoms with Gasteiger partial charge in [-0.1, -0.05) is 6.07 Å². The van der Waals surface area contributed by atoms with Gasteiger partial charge < -0.3 is 5.32 Å². The van der Waals surface area contributed by atoms with Crippen LogP contribution < -0.4 is 5.32 Å². The fraction of sp³-hybridized carbons (Fsp3) is 0.500. The Bertz CT molecular complexity index is 539. The van der Waals surface area contributed by atoms with Gasteiger partial charge in [0, 0.05) is 19.6 Å². The second-order valence-corrected chi connectivity index (χ2v) is 6.57. The molecular weight excluding hydrogens is 255 g/mol. The maximum atomic E-state index is 13.7. The number of hydrogen-bond donors (Lipinski definition) is 1. The lowest BCUT2D eigenvalue weighted by Crippen LogP contribution is -2.38. The SMILES string of the molecule is Cc1ccc(F)c(S(=O)(=O)N(C)[C@H]2CCNC2)c1. The monoisotopic (exact) mass is 272 g/mol. The van der Waals surface area contributed by atoms with Gasteiger partial charge in [0.25, 0.3) is 0 Å². The summed E-state index contributed by atoms with van der Waals surface area (Å²) in [4.78, 5) is -0.239. The summed E-state index contributed by atoms with van der Waals surface area (Å²) < 4.78 is 39.7. The van der Waals surface area contributed by atoms with E-state index in [1.54, 1.807) is 13.0 Å². The van der Waals surface area contributed by atoms with Crippen LogP contribution in [0, 0.1) is 12.7 Å². The molecule has 1 heterocycles. The zero-order chi connectivity index (χ0) is 13.3. The van der Waals surface area contributed by atoms with Crippen molar-refractivity contribution in [3.05, 3.63) is 29.6 Å². The van der Waals surface area contributed by atoms with Crippen molar-refractivity contribution in [2.45, 2.75) is 24.3 Å². The molecule has 1 N–H and O–H groups in total. The Morgan fingerprint density at radius 2 is 2.17 bits per heavy atom. The molecule has 0 aromatic heterocycles. The van der Waals surface area contributed by atoms with Crippen molar-refractivity contribution in [2.75, 3.05) is 20.1 Å². The minimum atomic E-state index is -3.76. The molecule has 0 amide bonds. The van der Waals surface area contributed by atoms with E-state index in [0.29, 0.717) is 6.54 Å². The van der Waals surface area contributed by atoms with Crippen molar-refractivity contribution < 1.29 is 12.8 Å². The molecule has 1 atom stereocenters. The zero-order valence-corrected chi connectivity index (χ0v) is 11.3. The fourth-order valence-electron chi connectivity index (χ4n) is 2.11. The Labute approximate surface area is 107 Å². The molecule has 1 aliphatic rings. The quantitative estimate of drug-likeness (QED) is 0.897. The molecule has 1 aliphatic heterocycles. The maximum Gasteiger partial charge on any atom is 0.246 e. The summed E-state index contributed by atoms with van der Waals surface area (Å²) in [5.74, 6) is -0.696. The first-order chi connectivity index (χ1) is 8.43. The van der Waals surface area contributed by atoms with Gasteiger partial charge in [-0.15, -0.1) is 0 Å². The molecule has 0 spiro atoms. The van der Waals surface area contributed by atoms with Gasteiger partial charge in [-0.3, -0.25) is 0 Å². The van der Waals surface area contributed by atoms with Gasteiger partial charge in [-0.25, -0.2) is 12.8 Å². The molecule has 18 heavy (non-hydrogen) atoms. The van der Waals surface area contributed by atoms with Gasteiger partial charge in [-0.05, 0) is 37.6 Å². The molecule has 0 unspecified atom stereocenters. The lowest BCUT2D eigenvalue weighted by Gasteiger charge is -2.23. The molecule has 4 nitrogen and oxygen atoms in total. The summed E-state index contributed by atoms with van der Waals surface area (Å²) in [5, 5.41) is 3.10. The normalized spacial score (nSPS) is 20.6. The molecule has 0 bridgehead atoms. The van der Waals surface area contributed by atoms with E-state index in [0.717, 1.165) is 18.5 Å². The molecular formula is C12H17FN2O2S. The van der Waals surface area contributed by atoms with E-state index in [2.05, 4.69) is 5.32 Å². The number of hydrogen-bond acceptors (Lipinski definition) is 3. The van der Waals surface area contributed by atoms with Gasteiger partial charge >= 0.3 is 0 Å². The van der Waals surface area contributed by atoms with Crippen molar-refractivity contribution in [1.29, 1.82) is 0 Å². The van der Waals surface area contributed by atoms with Crippen molar-refractivity contribution in [3.63, 3.8) is 0 Å². The Morgan fingerprint density at radius 1 is 1.44 bits per heavy atom. The van der Waals surface area contributed by atoms with Crippen LogP contribution in [0.25, 0.3) is 0 Å². The molecule has 1 aromatic rings. The van der Waals surface area contributed by atoms with E-state index in [-0.39, 0.29) is 10.9 Å². The smallest absolute Gasteiger partial charge is 0.246 e. The number of aryl methyl sites for hydroxylation is 1. The van der Waals surface area contributed by atoms with Gasteiger partial charge in [-0.2, -0.15) is 4.31 Å². The molecule has 0 saturated carbocycles. The summed E-state index contributed by atoms with van der Waals surface area (Å²) >= 11 is 0. The highest BCUT2D eigenvalue weighted by atomic mass is 32.2. The summed E-state index contributed by atoms with van der Waals surface area (Å²) in [7, 11) is -2.25. The van der Waals surface area contributed by atoms with Crippen LogP contribution in [-0.4, -0.2) is 38.9 Å². The molecule has 6 heteroatoms. The van der Waals surface area contributed by atoms with E-state index in [9.17, 15) is 12.8 Å². The molecule has 2 rings (SSSR count). The van der Waals surface area contributed by atoms with Crippen LogP contribution >= 0.6 is 0 Å². The van der Waals surface area contributed by atoms with E-state index in [1.165, 1.54) is 23.5 Å². The van der Waals surface area contributed by atoms with Crippen LogP contribution in [0.5, 0.6) is 0 Å². The second-order valence-electron chi connectivity index (χ2n) is 4.60. The van der Waals surface area contributed by atoms with Crippen LogP contribution in [0.2, 0.25) is 0 Å². The number of likely N-dealkylation sites (N-methyl/N-ethyl adjacent to an activating group) is 1. The largest absolute Gasteiger partial charge is 0.315 e. The molecule has 0 radical (unpaired) electrons. The molecule has 100 valence electrons. The average Bonchev–Trinajstić information content (AvgIpc) is 2.84. The van der Waals surface area contributed by atoms with Crippen LogP contribution in [0.4, 0.5) is 4.39 Å². The number of benzene rings is 1. The van der Waals surface area contributed by atoms with E-state index >= 15 is 0 Å². The molecule has 1 aromatic carbocycles. The van der Waals surface area contributed by atoms with E-state index in [1.807, 2.05) is 0 Å².